The summed E-state index contributed by atoms with van der Waals surface area (Å²) in [6.07, 6.45) is -4.39. The minimum Gasteiger partial charge on any atom is -0.484 e. The zero-order valence-corrected chi connectivity index (χ0v) is 14.6. The molecule has 0 amide bonds. The van der Waals surface area contributed by atoms with Crippen molar-refractivity contribution >= 4 is 23.4 Å². The van der Waals surface area contributed by atoms with E-state index in [0.29, 0.717) is 5.46 Å². The molecule has 1 aliphatic heterocycles. The smallest absolute Gasteiger partial charge is 0.484 e. The molecule has 3 rings (SSSR count). The quantitative estimate of drug-likeness (QED) is 0.779. The summed E-state index contributed by atoms with van der Waals surface area (Å²) < 4.78 is 54.5. The highest BCUT2D eigenvalue weighted by Gasteiger charge is 2.52. The standard InChI is InChI=1S/C18H20BF3O3/c1-16(2)17(3,4)25-19(24-16)15-10-13(23-11-18(20,21)22)9-12-7-5-6-8-14(12)15/h5-10H,11H2,1-4H3. The van der Waals surface area contributed by atoms with Crippen LogP contribution in [0.2, 0.25) is 0 Å². The van der Waals surface area contributed by atoms with Crippen molar-refractivity contribution < 1.29 is 27.2 Å². The van der Waals surface area contributed by atoms with E-state index >= 15 is 0 Å². The summed E-state index contributed by atoms with van der Waals surface area (Å²) in [7, 11) is -0.677. The number of hydrogen-bond acceptors (Lipinski definition) is 3. The highest BCUT2D eigenvalue weighted by molar-refractivity contribution is 6.65. The van der Waals surface area contributed by atoms with Gasteiger partial charge in [0.2, 0.25) is 0 Å². The second-order valence-corrected chi connectivity index (χ2v) is 7.23. The Balaban J connectivity index is 2.02. The summed E-state index contributed by atoms with van der Waals surface area (Å²) in [5.41, 5.74) is -0.419. The van der Waals surface area contributed by atoms with Crippen LogP contribution in [0.25, 0.3) is 10.8 Å². The molecule has 0 bridgehead atoms. The van der Waals surface area contributed by atoms with Gasteiger partial charge in [0, 0.05) is 0 Å². The van der Waals surface area contributed by atoms with Crippen molar-refractivity contribution in [2.45, 2.75) is 45.1 Å². The van der Waals surface area contributed by atoms with Gasteiger partial charge in [0.15, 0.2) is 6.61 Å². The van der Waals surface area contributed by atoms with Crippen LogP contribution in [0.5, 0.6) is 5.75 Å². The van der Waals surface area contributed by atoms with Crippen molar-refractivity contribution in [1.82, 2.24) is 0 Å². The van der Waals surface area contributed by atoms with Gasteiger partial charge in [0.25, 0.3) is 0 Å². The van der Waals surface area contributed by atoms with Gasteiger partial charge in [-0.1, -0.05) is 24.3 Å². The summed E-state index contributed by atoms with van der Waals surface area (Å²) in [5.74, 6) is 0.140. The molecule has 0 atom stereocenters. The van der Waals surface area contributed by atoms with Crippen LogP contribution in [-0.4, -0.2) is 31.1 Å². The van der Waals surface area contributed by atoms with Crippen LogP contribution in [0.15, 0.2) is 36.4 Å². The molecule has 2 aromatic carbocycles. The Morgan fingerprint density at radius 3 is 2.20 bits per heavy atom. The first-order chi connectivity index (χ1) is 11.5. The second kappa shape index (κ2) is 5.92. The molecule has 1 fully saturated rings. The summed E-state index contributed by atoms with van der Waals surface area (Å²) in [6.45, 7) is 6.38. The molecule has 1 heterocycles. The minimum atomic E-state index is -4.39. The lowest BCUT2D eigenvalue weighted by atomic mass is 9.76. The molecule has 7 heteroatoms. The molecule has 134 valence electrons. The van der Waals surface area contributed by atoms with Crippen LogP contribution in [0.1, 0.15) is 27.7 Å². The van der Waals surface area contributed by atoms with E-state index in [1.165, 1.54) is 0 Å². The van der Waals surface area contributed by atoms with Gasteiger partial charge in [0.05, 0.1) is 11.2 Å². The van der Waals surface area contributed by atoms with Crippen LogP contribution in [-0.2, 0) is 9.31 Å². The number of benzene rings is 2. The Hall–Kier alpha value is -1.73. The van der Waals surface area contributed by atoms with Gasteiger partial charge in [-0.05, 0) is 56.1 Å². The molecular formula is C18H20BF3O3. The van der Waals surface area contributed by atoms with Crippen molar-refractivity contribution in [3.05, 3.63) is 36.4 Å². The van der Waals surface area contributed by atoms with E-state index in [4.69, 9.17) is 14.0 Å². The third-order valence-electron chi connectivity index (χ3n) is 4.78. The molecule has 0 radical (unpaired) electrons. The number of rotatable bonds is 3. The zero-order valence-electron chi connectivity index (χ0n) is 14.6. The van der Waals surface area contributed by atoms with Crippen molar-refractivity contribution in [2.24, 2.45) is 0 Å². The lowest BCUT2D eigenvalue weighted by Crippen LogP contribution is -2.41. The Morgan fingerprint density at radius 1 is 1.00 bits per heavy atom. The van der Waals surface area contributed by atoms with Gasteiger partial charge in [0.1, 0.15) is 5.75 Å². The van der Waals surface area contributed by atoms with E-state index in [-0.39, 0.29) is 5.75 Å². The van der Waals surface area contributed by atoms with Crippen molar-refractivity contribution in [3.63, 3.8) is 0 Å². The fourth-order valence-electron chi connectivity index (χ4n) is 2.73. The topological polar surface area (TPSA) is 27.7 Å². The Labute approximate surface area is 145 Å². The molecular weight excluding hydrogens is 332 g/mol. The summed E-state index contributed by atoms with van der Waals surface area (Å²) in [6, 6.07) is 10.6. The molecule has 2 aromatic rings. The molecule has 0 N–H and O–H groups in total. The highest BCUT2D eigenvalue weighted by Crippen LogP contribution is 2.37. The lowest BCUT2D eigenvalue weighted by Gasteiger charge is -2.32. The fraction of sp³-hybridized carbons (Fsp3) is 0.444. The third-order valence-corrected chi connectivity index (χ3v) is 4.78. The lowest BCUT2D eigenvalue weighted by molar-refractivity contribution is -0.153. The largest absolute Gasteiger partial charge is 0.495 e. The maximum atomic E-state index is 12.5. The number of ether oxygens (including phenoxy) is 1. The third kappa shape index (κ3) is 3.62. The predicted molar refractivity (Wildman–Crippen MR) is 91.2 cm³/mol. The minimum absolute atomic E-state index is 0.140. The monoisotopic (exact) mass is 352 g/mol. The second-order valence-electron chi connectivity index (χ2n) is 7.23. The predicted octanol–water partition coefficient (Wildman–Crippen LogP) is 4.08. The molecule has 25 heavy (non-hydrogen) atoms. The number of halogens is 3. The molecule has 0 aliphatic carbocycles. The average molecular weight is 352 g/mol. The van der Waals surface area contributed by atoms with Gasteiger partial charge >= 0.3 is 13.3 Å². The van der Waals surface area contributed by atoms with Gasteiger partial charge in [-0.15, -0.1) is 0 Å². The zero-order chi connectivity index (χ0) is 18.5. The molecule has 0 unspecified atom stereocenters. The van der Waals surface area contributed by atoms with Crippen LogP contribution in [0.3, 0.4) is 0 Å². The first-order valence-electron chi connectivity index (χ1n) is 8.06. The fourth-order valence-corrected chi connectivity index (χ4v) is 2.73. The Morgan fingerprint density at radius 2 is 1.60 bits per heavy atom. The van der Waals surface area contributed by atoms with E-state index in [0.717, 1.165) is 10.8 Å². The van der Waals surface area contributed by atoms with E-state index in [2.05, 4.69) is 0 Å². The van der Waals surface area contributed by atoms with E-state index in [9.17, 15) is 13.2 Å². The normalized spacial score (nSPS) is 19.4. The molecule has 0 aromatic heterocycles. The van der Waals surface area contributed by atoms with Gasteiger partial charge < -0.3 is 14.0 Å². The van der Waals surface area contributed by atoms with Crippen molar-refractivity contribution in [1.29, 1.82) is 0 Å². The molecule has 3 nitrogen and oxygen atoms in total. The molecule has 0 saturated carbocycles. The molecule has 1 aliphatic rings. The first-order valence-corrected chi connectivity index (χ1v) is 8.06. The number of fused-ring (bicyclic) bond motifs is 1. The van der Waals surface area contributed by atoms with E-state index in [1.807, 2.05) is 52.0 Å². The summed E-state index contributed by atoms with van der Waals surface area (Å²) in [4.78, 5) is 0. The number of hydrogen-bond donors (Lipinski definition) is 0. The van der Waals surface area contributed by atoms with Crippen LogP contribution < -0.4 is 10.2 Å². The number of alkyl halides is 3. The van der Waals surface area contributed by atoms with Crippen molar-refractivity contribution in [2.75, 3.05) is 6.61 Å². The van der Waals surface area contributed by atoms with Gasteiger partial charge in [-0.2, -0.15) is 13.2 Å². The molecule has 1 saturated heterocycles. The van der Waals surface area contributed by atoms with E-state index in [1.54, 1.807) is 12.1 Å². The maximum absolute atomic E-state index is 12.5. The van der Waals surface area contributed by atoms with Crippen LogP contribution in [0.4, 0.5) is 13.2 Å². The van der Waals surface area contributed by atoms with Gasteiger partial charge in [-0.3, -0.25) is 0 Å². The molecule has 0 spiro atoms. The highest BCUT2D eigenvalue weighted by atomic mass is 19.4. The Kier molecular flexibility index (Phi) is 4.28. The summed E-state index contributed by atoms with van der Waals surface area (Å²) in [5, 5.41) is 1.63. The first kappa shape index (κ1) is 18.1. The Bertz CT molecular complexity index is 771. The van der Waals surface area contributed by atoms with Crippen molar-refractivity contribution in [3.8, 4) is 5.75 Å². The van der Waals surface area contributed by atoms with Crippen LogP contribution >= 0.6 is 0 Å². The average Bonchev–Trinajstić information content (AvgIpc) is 2.72. The maximum Gasteiger partial charge on any atom is 0.495 e. The van der Waals surface area contributed by atoms with Crippen LogP contribution in [0, 0.1) is 0 Å². The SMILES string of the molecule is CC1(C)OB(c2cc(OCC(F)(F)F)cc3ccccc23)OC1(C)C. The van der Waals surface area contributed by atoms with Gasteiger partial charge in [-0.25, -0.2) is 0 Å². The summed E-state index contributed by atoms with van der Waals surface area (Å²) >= 11 is 0. The van der Waals surface area contributed by atoms with E-state index < -0.39 is 31.1 Å².